The van der Waals surface area contributed by atoms with E-state index in [1.54, 1.807) is 30.5 Å². The van der Waals surface area contributed by atoms with Gasteiger partial charge in [-0.05, 0) is 59.1 Å². The van der Waals surface area contributed by atoms with Gasteiger partial charge in [-0.15, -0.1) is 0 Å². The first-order chi connectivity index (χ1) is 13.7. The molecule has 2 N–H and O–H groups in total. The Morgan fingerprint density at radius 1 is 1.07 bits per heavy atom. The van der Waals surface area contributed by atoms with E-state index in [-0.39, 0.29) is 12.1 Å². The maximum Gasteiger partial charge on any atom is 0.319 e. The first kappa shape index (κ1) is 18.6. The van der Waals surface area contributed by atoms with Crippen LogP contribution in [0.2, 0.25) is 0 Å². The lowest BCUT2D eigenvalue weighted by Crippen LogP contribution is -2.38. The van der Waals surface area contributed by atoms with Crippen LogP contribution < -0.4 is 15.4 Å². The summed E-state index contributed by atoms with van der Waals surface area (Å²) in [6.07, 6.45) is 8.83. The average Bonchev–Trinajstić information content (AvgIpc) is 2.70. The second kappa shape index (κ2) is 8.52. The third kappa shape index (κ3) is 4.56. The van der Waals surface area contributed by atoms with Crippen molar-refractivity contribution < 1.29 is 9.53 Å². The van der Waals surface area contributed by atoms with Crippen LogP contribution in [-0.2, 0) is 0 Å². The number of aromatic nitrogens is 3. The van der Waals surface area contributed by atoms with Crippen LogP contribution in [-0.4, -0.2) is 27.0 Å². The highest BCUT2D eigenvalue weighted by Crippen LogP contribution is 2.28. The van der Waals surface area contributed by atoms with Gasteiger partial charge < -0.3 is 15.4 Å². The molecule has 1 saturated carbocycles. The predicted octanol–water partition coefficient (Wildman–Crippen LogP) is 5.03. The maximum absolute atomic E-state index is 12.2. The number of urea groups is 1. The zero-order valence-corrected chi connectivity index (χ0v) is 16.8. The summed E-state index contributed by atoms with van der Waals surface area (Å²) in [7, 11) is 0. The number of hydrogen-bond donors (Lipinski definition) is 2. The van der Waals surface area contributed by atoms with E-state index in [0.29, 0.717) is 28.4 Å². The highest BCUT2D eigenvalue weighted by Gasteiger charge is 2.15. The fourth-order valence-corrected chi connectivity index (χ4v) is 3.63. The highest BCUT2D eigenvalue weighted by molar-refractivity contribution is 9.10. The van der Waals surface area contributed by atoms with E-state index in [1.807, 2.05) is 6.07 Å². The van der Waals surface area contributed by atoms with Crippen LogP contribution in [0.5, 0.6) is 11.6 Å². The predicted molar refractivity (Wildman–Crippen MR) is 111 cm³/mol. The SMILES string of the molecule is O=C(Nc1ccc(Oc2ncnc3ncc(Br)cc23)cc1)NC1CCCCC1. The van der Waals surface area contributed by atoms with Crippen molar-refractivity contribution in [2.24, 2.45) is 0 Å². The molecule has 0 radical (unpaired) electrons. The lowest BCUT2D eigenvalue weighted by Gasteiger charge is -2.22. The van der Waals surface area contributed by atoms with Crippen LogP contribution in [0.1, 0.15) is 32.1 Å². The summed E-state index contributed by atoms with van der Waals surface area (Å²) < 4.78 is 6.71. The molecule has 28 heavy (non-hydrogen) atoms. The number of hydrogen-bond acceptors (Lipinski definition) is 5. The first-order valence-corrected chi connectivity index (χ1v) is 10.1. The lowest BCUT2D eigenvalue weighted by molar-refractivity contribution is 0.244. The molecule has 0 aliphatic heterocycles. The Hall–Kier alpha value is -2.74. The fourth-order valence-electron chi connectivity index (χ4n) is 3.30. The minimum atomic E-state index is -0.168. The van der Waals surface area contributed by atoms with Crippen molar-refractivity contribution in [3.8, 4) is 11.6 Å². The maximum atomic E-state index is 12.2. The number of carbonyl (C=O) groups is 1. The summed E-state index contributed by atoms with van der Waals surface area (Å²) in [4.78, 5) is 24.7. The molecule has 2 heterocycles. The molecule has 1 fully saturated rings. The van der Waals surface area contributed by atoms with Gasteiger partial charge >= 0.3 is 6.03 Å². The normalized spacial score (nSPS) is 14.6. The summed E-state index contributed by atoms with van der Waals surface area (Å²) in [6, 6.07) is 9.14. The summed E-state index contributed by atoms with van der Waals surface area (Å²) in [5.41, 5.74) is 1.27. The molecule has 8 heteroatoms. The quantitative estimate of drug-likeness (QED) is 0.592. The molecule has 0 saturated heterocycles. The third-order valence-corrected chi connectivity index (χ3v) is 5.12. The molecule has 7 nitrogen and oxygen atoms in total. The van der Waals surface area contributed by atoms with Crippen molar-refractivity contribution in [2.75, 3.05) is 5.32 Å². The molecular weight excluding hydrogens is 422 g/mol. The molecule has 2 amide bonds. The van der Waals surface area contributed by atoms with Gasteiger partial charge in [0.2, 0.25) is 5.88 Å². The van der Waals surface area contributed by atoms with Gasteiger partial charge in [0.1, 0.15) is 12.1 Å². The Morgan fingerprint density at radius 2 is 1.86 bits per heavy atom. The summed E-state index contributed by atoms with van der Waals surface area (Å²) in [6.45, 7) is 0. The number of rotatable bonds is 4. The van der Waals surface area contributed by atoms with Crippen LogP contribution in [0.15, 0.2) is 47.3 Å². The Balaban J connectivity index is 1.41. The Morgan fingerprint density at radius 3 is 2.64 bits per heavy atom. The van der Waals surface area contributed by atoms with Crippen molar-refractivity contribution in [3.05, 3.63) is 47.3 Å². The summed E-state index contributed by atoms with van der Waals surface area (Å²) in [5, 5.41) is 6.62. The topological polar surface area (TPSA) is 89.0 Å². The van der Waals surface area contributed by atoms with Gasteiger partial charge in [0, 0.05) is 22.4 Å². The van der Waals surface area contributed by atoms with Crippen LogP contribution >= 0.6 is 15.9 Å². The van der Waals surface area contributed by atoms with Gasteiger partial charge in [-0.1, -0.05) is 19.3 Å². The largest absolute Gasteiger partial charge is 0.438 e. The van der Waals surface area contributed by atoms with Crippen LogP contribution in [0.3, 0.4) is 0 Å². The first-order valence-electron chi connectivity index (χ1n) is 9.29. The minimum absolute atomic E-state index is 0.168. The van der Waals surface area contributed by atoms with Gasteiger partial charge in [0.05, 0.1) is 5.39 Å². The zero-order valence-electron chi connectivity index (χ0n) is 15.2. The number of benzene rings is 1. The third-order valence-electron chi connectivity index (χ3n) is 4.69. The molecule has 0 bridgehead atoms. The molecule has 1 aliphatic rings. The number of halogens is 1. The van der Waals surface area contributed by atoms with Crippen LogP contribution in [0.25, 0.3) is 11.0 Å². The number of carbonyl (C=O) groups excluding carboxylic acids is 1. The van der Waals surface area contributed by atoms with Gasteiger partial charge in [-0.25, -0.2) is 19.7 Å². The van der Waals surface area contributed by atoms with E-state index in [9.17, 15) is 4.79 Å². The Labute approximate surface area is 171 Å². The van der Waals surface area contributed by atoms with E-state index >= 15 is 0 Å². The van der Waals surface area contributed by atoms with E-state index in [1.165, 1.54) is 25.6 Å². The van der Waals surface area contributed by atoms with Crippen LogP contribution in [0, 0.1) is 0 Å². The average molecular weight is 442 g/mol. The van der Waals surface area contributed by atoms with Crippen molar-refractivity contribution in [1.82, 2.24) is 20.3 Å². The Kier molecular flexibility index (Phi) is 5.66. The molecule has 0 spiro atoms. The highest BCUT2D eigenvalue weighted by atomic mass is 79.9. The molecular formula is C20H20BrN5O2. The number of ether oxygens (including phenoxy) is 1. The Bertz CT molecular complexity index is 974. The monoisotopic (exact) mass is 441 g/mol. The van der Waals surface area contributed by atoms with E-state index < -0.39 is 0 Å². The van der Waals surface area contributed by atoms with Gasteiger partial charge in [-0.2, -0.15) is 0 Å². The van der Waals surface area contributed by atoms with Crippen molar-refractivity contribution in [1.29, 1.82) is 0 Å². The number of anilines is 1. The van der Waals surface area contributed by atoms with Gasteiger partial charge in [0.25, 0.3) is 0 Å². The molecule has 4 rings (SSSR count). The number of amides is 2. The van der Waals surface area contributed by atoms with Crippen molar-refractivity contribution >= 4 is 38.7 Å². The van der Waals surface area contributed by atoms with Crippen molar-refractivity contribution in [3.63, 3.8) is 0 Å². The zero-order chi connectivity index (χ0) is 19.3. The van der Waals surface area contributed by atoms with E-state index in [2.05, 4.69) is 41.5 Å². The van der Waals surface area contributed by atoms with Gasteiger partial charge in [0.15, 0.2) is 5.65 Å². The molecule has 0 unspecified atom stereocenters. The summed E-state index contributed by atoms with van der Waals surface area (Å²) in [5.74, 6) is 1.03. The van der Waals surface area contributed by atoms with E-state index in [0.717, 1.165) is 17.3 Å². The van der Waals surface area contributed by atoms with E-state index in [4.69, 9.17) is 4.74 Å². The molecule has 1 aliphatic carbocycles. The van der Waals surface area contributed by atoms with Crippen LogP contribution in [0.4, 0.5) is 10.5 Å². The molecule has 144 valence electrons. The molecule has 1 aromatic carbocycles. The minimum Gasteiger partial charge on any atom is -0.438 e. The smallest absolute Gasteiger partial charge is 0.319 e. The standard InChI is InChI=1S/C20H20BrN5O2/c21-13-10-17-18(22-11-13)23-12-24-19(17)28-16-8-6-15(7-9-16)26-20(27)25-14-4-2-1-3-5-14/h6-12,14H,1-5H2,(H2,25,26,27). The second-order valence-electron chi connectivity index (χ2n) is 6.76. The number of nitrogens with one attached hydrogen (secondary N) is 2. The lowest BCUT2D eigenvalue weighted by atomic mass is 9.96. The number of fused-ring (bicyclic) bond motifs is 1. The summed E-state index contributed by atoms with van der Waals surface area (Å²) >= 11 is 3.40. The number of pyridine rings is 1. The number of nitrogens with zero attached hydrogens (tertiary/aromatic N) is 3. The molecule has 2 aromatic heterocycles. The molecule has 3 aromatic rings. The van der Waals surface area contributed by atoms with Crippen molar-refractivity contribution in [2.45, 2.75) is 38.1 Å². The molecule has 0 atom stereocenters. The fraction of sp³-hybridized carbons (Fsp3) is 0.300. The van der Waals surface area contributed by atoms with Gasteiger partial charge in [-0.3, -0.25) is 0 Å². The second-order valence-corrected chi connectivity index (χ2v) is 7.68.